The lowest BCUT2D eigenvalue weighted by molar-refractivity contribution is -0.117. The summed E-state index contributed by atoms with van der Waals surface area (Å²) in [7, 11) is 0. The number of para-hydroxylation sites is 1. The molecular formula is C19H19N3O3. The molecule has 1 heterocycles. The Hall–Kier alpha value is -3.15. The Kier molecular flexibility index (Phi) is 5.09. The summed E-state index contributed by atoms with van der Waals surface area (Å²) >= 11 is 0. The number of hydrogen-bond donors (Lipinski definition) is 2. The van der Waals surface area contributed by atoms with Gasteiger partial charge >= 0.3 is 0 Å². The molecule has 1 aliphatic rings. The fraction of sp³-hybridized carbons (Fsp3) is 0.211. The second-order valence-corrected chi connectivity index (χ2v) is 5.79. The first-order valence-electron chi connectivity index (χ1n) is 8.17. The molecule has 0 aliphatic carbocycles. The van der Waals surface area contributed by atoms with Crippen molar-refractivity contribution in [2.75, 3.05) is 23.3 Å². The van der Waals surface area contributed by atoms with E-state index < -0.39 is 0 Å². The van der Waals surface area contributed by atoms with Gasteiger partial charge in [-0.2, -0.15) is 0 Å². The van der Waals surface area contributed by atoms with E-state index in [0.717, 1.165) is 12.1 Å². The lowest BCUT2D eigenvalue weighted by Crippen LogP contribution is -2.32. The largest absolute Gasteiger partial charge is 0.343 e. The first-order valence-corrected chi connectivity index (χ1v) is 8.17. The van der Waals surface area contributed by atoms with Gasteiger partial charge in [0.25, 0.3) is 5.91 Å². The van der Waals surface area contributed by atoms with Crippen LogP contribution in [0.2, 0.25) is 0 Å². The summed E-state index contributed by atoms with van der Waals surface area (Å²) in [5, 5.41) is 5.29. The van der Waals surface area contributed by atoms with Crippen molar-refractivity contribution in [2.45, 2.75) is 12.8 Å². The van der Waals surface area contributed by atoms with Crippen molar-refractivity contribution in [1.82, 2.24) is 5.32 Å². The highest BCUT2D eigenvalue weighted by atomic mass is 16.2. The molecule has 0 spiro atoms. The van der Waals surface area contributed by atoms with Crippen LogP contribution in [-0.4, -0.2) is 30.8 Å². The third kappa shape index (κ3) is 4.23. The molecule has 25 heavy (non-hydrogen) atoms. The fourth-order valence-corrected chi connectivity index (χ4v) is 2.70. The molecule has 2 aromatic rings. The highest BCUT2D eigenvalue weighted by Gasteiger charge is 2.21. The van der Waals surface area contributed by atoms with Crippen molar-refractivity contribution in [3.05, 3.63) is 60.2 Å². The standard InChI is InChI=1S/C19H19N3O3/c23-17(21-15-5-2-1-3-6-15)13-20-19(25)14-8-10-16(11-9-14)22-12-4-7-18(22)24/h1-3,5-6,8-11H,4,7,12-13H2,(H,20,25)(H,21,23). The molecule has 0 unspecified atom stereocenters. The topological polar surface area (TPSA) is 78.5 Å². The summed E-state index contributed by atoms with van der Waals surface area (Å²) < 4.78 is 0. The Morgan fingerprint density at radius 1 is 1.00 bits per heavy atom. The number of hydrogen-bond acceptors (Lipinski definition) is 3. The van der Waals surface area contributed by atoms with E-state index in [-0.39, 0.29) is 24.3 Å². The van der Waals surface area contributed by atoms with E-state index in [1.54, 1.807) is 41.3 Å². The Labute approximate surface area is 145 Å². The number of anilines is 2. The summed E-state index contributed by atoms with van der Waals surface area (Å²) in [6.45, 7) is 0.601. The van der Waals surface area contributed by atoms with Crippen molar-refractivity contribution in [3.8, 4) is 0 Å². The van der Waals surface area contributed by atoms with E-state index >= 15 is 0 Å². The molecule has 3 amide bonds. The number of rotatable bonds is 5. The van der Waals surface area contributed by atoms with Gasteiger partial charge in [-0.3, -0.25) is 14.4 Å². The Balaban J connectivity index is 1.52. The van der Waals surface area contributed by atoms with Gasteiger partial charge in [-0.25, -0.2) is 0 Å². The first-order chi connectivity index (χ1) is 12.1. The molecule has 0 radical (unpaired) electrons. The van der Waals surface area contributed by atoms with E-state index in [1.807, 2.05) is 18.2 Å². The summed E-state index contributed by atoms with van der Waals surface area (Å²) in [5.74, 6) is -0.517. The maximum Gasteiger partial charge on any atom is 0.251 e. The predicted octanol–water partition coefficient (Wildman–Crippen LogP) is 2.18. The average molecular weight is 337 g/mol. The molecule has 1 saturated heterocycles. The number of carbonyl (C=O) groups excluding carboxylic acids is 3. The van der Waals surface area contributed by atoms with E-state index in [4.69, 9.17) is 0 Å². The number of nitrogens with one attached hydrogen (secondary N) is 2. The third-order valence-electron chi connectivity index (χ3n) is 3.98. The average Bonchev–Trinajstić information content (AvgIpc) is 3.07. The van der Waals surface area contributed by atoms with Gasteiger partial charge in [0.15, 0.2) is 0 Å². The molecule has 0 bridgehead atoms. The van der Waals surface area contributed by atoms with Gasteiger partial charge < -0.3 is 15.5 Å². The van der Waals surface area contributed by atoms with Gasteiger partial charge in [0.2, 0.25) is 11.8 Å². The Bertz CT molecular complexity index is 772. The SMILES string of the molecule is O=C(CNC(=O)c1ccc(N2CCCC2=O)cc1)Nc1ccccc1. The lowest BCUT2D eigenvalue weighted by atomic mass is 10.2. The molecule has 0 saturated carbocycles. The van der Waals surface area contributed by atoms with E-state index in [2.05, 4.69) is 10.6 Å². The summed E-state index contributed by atoms with van der Waals surface area (Å²) in [5.41, 5.74) is 1.92. The van der Waals surface area contributed by atoms with Crippen molar-refractivity contribution in [3.63, 3.8) is 0 Å². The minimum absolute atomic E-state index is 0.106. The lowest BCUT2D eigenvalue weighted by Gasteiger charge is -2.15. The van der Waals surface area contributed by atoms with E-state index in [1.165, 1.54) is 0 Å². The van der Waals surface area contributed by atoms with E-state index in [0.29, 0.717) is 24.2 Å². The highest BCUT2D eigenvalue weighted by Crippen LogP contribution is 2.21. The molecule has 0 atom stereocenters. The molecule has 3 rings (SSSR count). The second-order valence-electron chi connectivity index (χ2n) is 5.79. The zero-order chi connectivity index (χ0) is 17.6. The quantitative estimate of drug-likeness (QED) is 0.878. The number of nitrogens with zero attached hydrogens (tertiary/aromatic N) is 1. The first kappa shape index (κ1) is 16.7. The van der Waals surface area contributed by atoms with Crippen LogP contribution in [0.1, 0.15) is 23.2 Å². The maximum atomic E-state index is 12.1. The molecule has 128 valence electrons. The highest BCUT2D eigenvalue weighted by molar-refractivity contribution is 6.00. The molecule has 1 aliphatic heterocycles. The van der Waals surface area contributed by atoms with Crippen LogP contribution in [-0.2, 0) is 9.59 Å². The van der Waals surface area contributed by atoms with Crippen LogP contribution < -0.4 is 15.5 Å². The molecule has 1 fully saturated rings. The molecule has 2 N–H and O–H groups in total. The van der Waals surface area contributed by atoms with Gasteiger partial charge in [0, 0.05) is 29.9 Å². The normalized spacial score (nSPS) is 13.6. The molecular weight excluding hydrogens is 318 g/mol. The van der Waals surface area contributed by atoms with Crippen molar-refractivity contribution in [1.29, 1.82) is 0 Å². The molecule has 6 nitrogen and oxygen atoms in total. The van der Waals surface area contributed by atoms with Crippen molar-refractivity contribution in [2.24, 2.45) is 0 Å². The molecule has 2 aromatic carbocycles. The molecule has 0 aromatic heterocycles. The van der Waals surface area contributed by atoms with Gasteiger partial charge in [0.05, 0.1) is 6.54 Å². The van der Waals surface area contributed by atoms with Crippen molar-refractivity contribution < 1.29 is 14.4 Å². The predicted molar refractivity (Wildman–Crippen MR) is 95.4 cm³/mol. The summed E-state index contributed by atoms with van der Waals surface area (Å²) in [6, 6.07) is 15.9. The molecule has 6 heteroatoms. The third-order valence-corrected chi connectivity index (χ3v) is 3.98. The Morgan fingerprint density at radius 3 is 2.36 bits per heavy atom. The summed E-state index contributed by atoms with van der Waals surface area (Å²) in [4.78, 5) is 37.4. The van der Waals surface area contributed by atoms with Gasteiger partial charge in [-0.05, 0) is 42.8 Å². The van der Waals surface area contributed by atoms with Crippen LogP contribution >= 0.6 is 0 Å². The Morgan fingerprint density at radius 2 is 1.72 bits per heavy atom. The van der Waals surface area contributed by atoms with Crippen LogP contribution in [0.15, 0.2) is 54.6 Å². The van der Waals surface area contributed by atoms with Gasteiger partial charge in [-0.15, -0.1) is 0 Å². The van der Waals surface area contributed by atoms with E-state index in [9.17, 15) is 14.4 Å². The number of carbonyl (C=O) groups is 3. The number of amides is 3. The van der Waals surface area contributed by atoms with Crippen LogP contribution in [0.4, 0.5) is 11.4 Å². The fourth-order valence-electron chi connectivity index (χ4n) is 2.70. The van der Waals surface area contributed by atoms with Gasteiger partial charge in [-0.1, -0.05) is 18.2 Å². The smallest absolute Gasteiger partial charge is 0.251 e. The van der Waals surface area contributed by atoms with Crippen LogP contribution in [0.3, 0.4) is 0 Å². The zero-order valence-corrected chi connectivity index (χ0v) is 13.7. The minimum atomic E-state index is -0.331. The second kappa shape index (κ2) is 7.61. The summed E-state index contributed by atoms with van der Waals surface area (Å²) in [6.07, 6.45) is 1.43. The number of benzene rings is 2. The van der Waals surface area contributed by atoms with Crippen LogP contribution in [0.5, 0.6) is 0 Å². The minimum Gasteiger partial charge on any atom is -0.343 e. The monoisotopic (exact) mass is 337 g/mol. The zero-order valence-electron chi connectivity index (χ0n) is 13.7. The van der Waals surface area contributed by atoms with Crippen molar-refractivity contribution >= 4 is 29.1 Å². The maximum absolute atomic E-state index is 12.1. The van der Waals surface area contributed by atoms with Crippen LogP contribution in [0.25, 0.3) is 0 Å². The van der Waals surface area contributed by atoms with Crippen LogP contribution in [0, 0.1) is 0 Å². The van der Waals surface area contributed by atoms with Gasteiger partial charge in [0.1, 0.15) is 0 Å².